The van der Waals surface area contributed by atoms with Gasteiger partial charge in [0.25, 0.3) is 5.91 Å². The van der Waals surface area contributed by atoms with E-state index in [9.17, 15) is 13.2 Å². The van der Waals surface area contributed by atoms with Gasteiger partial charge in [-0.25, -0.2) is 13.6 Å². The Bertz CT molecular complexity index is 770. The number of H-pyrrole nitrogens is 1. The Morgan fingerprint density at radius 3 is 2.67 bits per heavy atom. The molecule has 1 aromatic heterocycles. The number of primary sulfonamides is 1. The first-order valence-electron chi connectivity index (χ1n) is 6.05. The van der Waals surface area contributed by atoms with Gasteiger partial charge in [0.2, 0.25) is 10.0 Å². The lowest BCUT2D eigenvalue weighted by atomic mass is 10.1. The molecule has 21 heavy (non-hydrogen) atoms. The second kappa shape index (κ2) is 5.88. The van der Waals surface area contributed by atoms with Gasteiger partial charge < -0.3 is 10.3 Å². The maximum Gasteiger partial charge on any atom is 0.268 e. The number of nitrogens with two attached hydrogens (primary N) is 1. The molecule has 2 aromatic rings. The molecule has 0 bridgehead atoms. The van der Waals surface area contributed by atoms with E-state index >= 15 is 0 Å². The molecule has 1 heterocycles. The maximum atomic E-state index is 12.0. The van der Waals surface area contributed by atoms with E-state index in [2.05, 4.69) is 10.3 Å². The summed E-state index contributed by atoms with van der Waals surface area (Å²) in [6.07, 6.45) is 1.50. The normalized spacial score (nSPS) is 12.9. The van der Waals surface area contributed by atoms with Crippen molar-refractivity contribution in [3.63, 3.8) is 0 Å². The van der Waals surface area contributed by atoms with Crippen molar-refractivity contribution < 1.29 is 13.2 Å². The molecule has 0 aliphatic rings. The quantitative estimate of drug-likeness (QED) is 0.797. The van der Waals surface area contributed by atoms with Gasteiger partial charge in [0.1, 0.15) is 5.69 Å². The van der Waals surface area contributed by atoms with Crippen LogP contribution in [-0.2, 0) is 10.0 Å². The molecule has 2 rings (SSSR count). The molecule has 0 fully saturated rings. The Hall–Kier alpha value is -1.83. The lowest BCUT2D eigenvalue weighted by Gasteiger charge is -2.14. The Morgan fingerprint density at radius 2 is 2.10 bits per heavy atom. The molecule has 6 nitrogen and oxygen atoms in total. The summed E-state index contributed by atoms with van der Waals surface area (Å²) in [5.74, 6) is -0.338. The molecule has 0 saturated carbocycles. The van der Waals surface area contributed by atoms with Crippen LogP contribution in [0.4, 0.5) is 0 Å². The molecule has 1 atom stereocenters. The van der Waals surface area contributed by atoms with Crippen LogP contribution in [0.15, 0.2) is 41.4 Å². The van der Waals surface area contributed by atoms with Gasteiger partial charge in [-0.15, -0.1) is 0 Å². The van der Waals surface area contributed by atoms with Gasteiger partial charge in [-0.2, -0.15) is 0 Å². The highest BCUT2D eigenvalue weighted by Gasteiger charge is 2.15. The number of hydrogen-bond donors (Lipinski definition) is 3. The molecule has 4 N–H and O–H groups in total. The molecular formula is C13H14ClN3O3S. The number of aromatic amines is 1. The van der Waals surface area contributed by atoms with Crippen molar-refractivity contribution in [2.75, 3.05) is 0 Å². The van der Waals surface area contributed by atoms with Gasteiger partial charge in [-0.05, 0) is 30.7 Å². The second-order valence-corrected chi connectivity index (χ2v) is 6.54. The van der Waals surface area contributed by atoms with Crippen LogP contribution in [0.25, 0.3) is 0 Å². The highest BCUT2D eigenvalue weighted by atomic mass is 35.5. The highest BCUT2D eigenvalue weighted by molar-refractivity contribution is 7.89. The minimum atomic E-state index is -3.77. The zero-order chi connectivity index (χ0) is 15.6. The summed E-state index contributed by atoms with van der Waals surface area (Å²) >= 11 is 5.74. The number of amides is 1. The van der Waals surface area contributed by atoms with E-state index in [4.69, 9.17) is 16.7 Å². The van der Waals surface area contributed by atoms with Crippen LogP contribution in [0.2, 0.25) is 5.02 Å². The zero-order valence-electron chi connectivity index (χ0n) is 11.1. The average Bonchev–Trinajstić information content (AvgIpc) is 2.84. The van der Waals surface area contributed by atoms with E-state index in [0.717, 1.165) is 0 Å². The van der Waals surface area contributed by atoms with Gasteiger partial charge in [0, 0.05) is 6.20 Å². The molecule has 0 radical (unpaired) electrons. The van der Waals surface area contributed by atoms with Crippen LogP contribution >= 0.6 is 11.6 Å². The first-order valence-corrected chi connectivity index (χ1v) is 7.97. The second-order valence-electron chi connectivity index (χ2n) is 4.54. The monoisotopic (exact) mass is 327 g/mol. The smallest absolute Gasteiger partial charge is 0.268 e. The zero-order valence-corrected chi connectivity index (χ0v) is 12.7. The van der Waals surface area contributed by atoms with Gasteiger partial charge in [0.05, 0.1) is 16.0 Å². The number of rotatable bonds is 4. The fourth-order valence-corrected chi connectivity index (χ4v) is 2.55. The predicted octanol–water partition coefficient (Wildman–Crippen LogP) is 1.81. The fourth-order valence-electron chi connectivity index (χ4n) is 1.82. The van der Waals surface area contributed by atoms with Crippen molar-refractivity contribution in [3.8, 4) is 0 Å². The number of nitrogens with one attached hydrogen (secondary N) is 2. The molecule has 0 aliphatic heterocycles. The van der Waals surface area contributed by atoms with E-state index in [1.807, 2.05) is 0 Å². The van der Waals surface area contributed by atoms with Crippen LogP contribution in [-0.4, -0.2) is 19.3 Å². The Morgan fingerprint density at radius 1 is 1.38 bits per heavy atom. The third-order valence-electron chi connectivity index (χ3n) is 2.93. The number of sulfonamides is 1. The van der Waals surface area contributed by atoms with Crippen LogP contribution in [0, 0.1) is 0 Å². The number of hydrogen-bond acceptors (Lipinski definition) is 3. The summed E-state index contributed by atoms with van der Waals surface area (Å²) in [5.41, 5.74) is 0.960. The molecule has 1 unspecified atom stereocenters. The van der Waals surface area contributed by atoms with Crippen molar-refractivity contribution in [1.29, 1.82) is 0 Å². The third-order valence-corrected chi connectivity index (χ3v) is 4.06. The Balaban J connectivity index is 2.17. The van der Waals surface area contributed by atoms with Gasteiger partial charge in [-0.1, -0.05) is 23.7 Å². The number of benzene rings is 1. The third kappa shape index (κ3) is 3.84. The molecule has 8 heteroatoms. The average molecular weight is 328 g/mol. The summed E-state index contributed by atoms with van der Waals surface area (Å²) in [5, 5.41) is 8.26. The van der Waals surface area contributed by atoms with Crippen molar-refractivity contribution in [1.82, 2.24) is 10.3 Å². The van der Waals surface area contributed by atoms with Crippen LogP contribution in [0.5, 0.6) is 0 Å². The maximum absolute atomic E-state index is 12.0. The number of halogens is 1. The molecule has 0 aliphatic carbocycles. The lowest BCUT2D eigenvalue weighted by molar-refractivity contribution is 0.0935. The standard InChI is InChI=1S/C13H14ClN3O3S/c1-8(17-13(18)12-6-10(14)7-16-12)9-3-2-4-11(5-9)21(15,19)20/h2-8,16H,1H3,(H,17,18)(H2,15,19,20). The van der Waals surface area contributed by atoms with Crippen molar-refractivity contribution >= 4 is 27.5 Å². The van der Waals surface area contributed by atoms with E-state index in [-0.39, 0.29) is 16.8 Å². The first-order chi connectivity index (χ1) is 9.77. The lowest BCUT2D eigenvalue weighted by Crippen LogP contribution is -2.27. The number of carbonyl (C=O) groups is 1. The van der Waals surface area contributed by atoms with Crippen molar-refractivity contribution in [3.05, 3.63) is 52.8 Å². The summed E-state index contributed by atoms with van der Waals surface area (Å²) in [6, 6.07) is 7.23. The molecule has 0 saturated heterocycles. The molecule has 112 valence electrons. The predicted molar refractivity (Wildman–Crippen MR) is 79.5 cm³/mol. The number of carbonyl (C=O) groups excluding carboxylic acids is 1. The minimum Gasteiger partial charge on any atom is -0.356 e. The van der Waals surface area contributed by atoms with Gasteiger partial charge in [0.15, 0.2) is 0 Å². The Kier molecular flexibility index (Phi) is 4.36. The van der Waals surface area contributed by atoms with E-state index in [0.29, 0.717) is 16.3 Å². The van der Waals surface area contributed by atoms with Crippen LogP contribution < -0.4 is 10.5 Å². The SMILES string of the molecule is CC(NC(=O)c1cc(Cl)c[nH]1)c1cccc(S(N)(=O)=O)c1. The highest BCUT2D eigenvalue weighted by Crippen LogP contribution is 2.17. The summed E-state index contributed by atoms with van der Waals surface area (Å²) in [7, 11) is -3.77. The minimum absolute atomic E-state index is 0.00372. The summed E-state index contributed by atoms with van der Waals surface area (Å²) < 4.78 is 22.6. The van der Waals surface area contributed by atoms with Crippen LogP contribution in [0.3, 0.4) is 0 Å². The fraction of sp³-hybridized carbons (Fsp3) is 0.154. The van der Waals surface area contributed by atoms with E-state index in [1.165, 1.54) is 24.4 Å². The van der Waals surface area contributed by atoms with Crippen molar-refractivity contribution in [2.24, 2.45) is 5.14 Å². The Labute approximate surface area is 127 Å². The van der Waals surface area contributed by atoms with Crippen molar-refractivity contribution in [2.45, 2.75) is 17.9 Å². The number of aromatic nitrogens is 1. The molecule has 1 amide bonds. The summed E-state index contributed by atoms with van der Waals surface area (Å²) in [6.45, 7) is 1.74. The van der Waals surface area contributed by atoms with Crippen LogP contribution in [0.1, 0.15) is 29.0 Å². The molecule has 0 spiro atoms. The largest absolute Gasteiger partial charge is 0.356 e. The van der Waals surface area contributed by atoms with Gasteiger partial charge in [-0.3, -0.25) is 4.79 Å². The van der Waals surface area contributed by atoms with E-state index < -0.39 is 10.0 Å². The topological polar surface area (TPSA) is 105 Å². The van der Waals surface area contributed by atoms with E-state index in [1.54, 1.807) is 19.1 Å². The first kappa shape index (κ1) is 15.6. The molecule has 1 aromatic carbocycles. The van der Waals surface area contributed by atoms with Gasteiger partial charge >= 0.3 is 0 Å². The molecular weight excluding hydrogens is 314 g/mol. The summed E-state index contributed by atoms with van der Waals surface area (Å²) in [4.78, 5) is 14.7.